The molecular weight excluding hydrogens is 376 g/mol. The smallest absolute Gasteiger partial charge is 0.251 e. The number of nitrogens with one attached hydrogen (secondary N) is 2. The lowest BCUT2D eigenvalue weighted by molar-refractivity contribution is 0.0950. The molecule has 0 aliphatic rings. The molecule has 0 atom stereocenters. The summed E-state index contributed by atoms with van der Waals surface area (Å²) in [7, 11) is -2.22. The number of methoxy groups -OCH3 is 1. The van der Waals surface area contributed by atoms with E-state index in [1.165, 1.54) is 19.2 Å². The first kappa shape index (κ1) is 20.4. The molecule has 0 aliphatic heterocycles. The highest BCUT2D eigenvalue weighted by Crippen LogP contribution is 2.16. The molecule has 0 saturated heterocycles. The van der Waals surface area contributed by atoms with Crippen molar-refractivity contribution in [2.75, 3.05) is 20.3 Å². The summed E-state index contributed by atoms with van der Waals surface area (Å²) in [5, 5.41) is 3.37. The van der Waals surface area contributed by atoms with E-state index in [-0.39, 0.29) is 24.0 Å². The molecule has 2 aromatic carbocycles. The summed E-state index contributed by atoms with van der Waals surface area (Å²) >= 11 is 5.93. The number of ether oxygens (including phenoxy) is 1. The first-order valence-electron chi connectivity index (χ1n) is 7.95. The summed E-state index contributed by atoms with van der Waals surface area (Å²) in [6, 6.07) is 11.6. The molecule has 0 bridgehead atoms. The van der Waals surface area contributed by atoms with E-state index in [9.17, 15) is 13.2 Å². The molecule has 2 aromatic rings. The van der Waals surface area contributed by atoms with Crippen LogP contribution in [0.5, 0.6) is 0 Å². The highest BCUT2D eigenvalue weighted by Gasteiger charge is 2.17. The van der Waals surface area contributed by atoms with Crippen LogP contribution >= 0.6 is 11.6 Å². The third kappa shape index (κ3) is 5.54. The third-order valence-corrected chi connectivity index (χ3v) is 5.40. The number of amides is 1. The van der Waals surface area contributed by atoms with Crippen molar-refractivity contribution >= 4 is 27.5 Å². The summed E-state index contributed by atoms with van der Waals surface area (Å²) in [5.41, 5.74) is 1.85. The van der Waals surface area contributed by atoms with Crippen LogP contribution < -0.4 is 10.0 Å². The van der Waals surface area contributed by atoms with Crippen molar-refractivity contribution in [2.45, 2.75) is 18.4 Å². The van der Waals surface area contributed by atoms with Gasteiger partial charge < -0.3 is 10.1 Å². The predicted octanol–water partition coefficient (Wildman–Crippen LogP) is 2.50. The number of carbonyl (C=O) groups excluding carboxylic acids is 1. The zero-order valence-corrected chi connectivity index (χ0v) is 16.2. The Morgan fingerprint density at radius 3 is 2.65 bits per heavy atom. The van der Waals surface area contributed by atoms with Crippen molar-refractivity contribution in [3.8, 4) is 0 Å². The summed E-state index contributed by atoms with van der Waals surface area (Å²) in [4.78, 5) is 12.5. The maximum Gasteiger partial charge on any atom is 0.251 e. The van der Waals surface area contributed by atoms with Crippen LogP contribution in [0.4, 0.5) is 0 Å². The Morgan fingerprint density at radius 1 is 1.19 bits per heavy atom. The normalized spacial score (nSPS) is 11.3. The second-order valence-corrected chi connectivity index (χ2v) is 7.88. The van der Waals surface area contributed by atoms with E-state index in [1.807, 2.05) is 6.07 Å². The van der Waals surface area contributed by atoms with Gasteiger partial charge in [0, 0.05) is 30.8 Å². The fourth-order valence-corrected chi connectivity index (χ4v) is 3.55. The molecule has 0 spiro atoms. The number of halogens is 1. The molecule has 0 fully saturated rings. The van der Waals surface area contributed by atoms with E-state index >= 15 is 0 Å². The summed E-state index contributed by atoms with van der Waals surface area (Å²) in [5.74, 6) is -0.351. The number of aryl methyl sites for hydroxylation is 1. The number of rotatable bonds is 8. The molecule has 140 valence electrons. The molecule has 0 saturated carbocycles. The van der Waals surface area contributed by atoms with Gasteiger partial charge >= 0.3 is 0 Å². The fourth-order valence-electron chi connectivity index (χ4n) is 2.30. The zero-order valence-electron chi connectivity index (χ0n) is 14.6. The Balaban J connectivity index is 2.14. The van der Waals surface area contributed by atoms with Gasteiger partial charge in [0.15, 0.2) is 0 Å². The molecule has 0 aromatic heterocycles. The van der Waals surface area contributed by atoms with Gasteiger partial charge in [0.2, 0.25) is 10.0 Å². The van der Waals surface area contributed by atoms with Gasteiger partial charge in [0.05, 0.1) is 11.5 Å². The number of hydrogen-bond acceptors (Lipinski definition) is 4. The predicted molar refractivity (Wildman–Crippen MR) is 101 cm³/mol. The average Bonchev–Trinajstić information content (AvgIpc) is 2.60. The first-order valence-corrected chi connectivity index (χ1v) is 9.81. The molecule has 8 heteroatoms. The summed E-state index contributed by atoms with van der Waals surface area (Å²) in [6.45, 7) is 2.46. The Labute approximate surface area is 158 Å². The number of sulfonamides is 1. The number of hydrogen-bond donors (Lipinski definition) is 2. The lowest BCUT2D eigenvalue weighted by atomic mass is 10.1. The first-order chi connectivity index (χ1) is 12.3. The molecule has 2 rings (SSSR count). The minimum absolute atomic E-state index is 0.0344. The number of carbonyl (C=O) groups is 1. The van der Waals surface area contributed by atoms with Crippen LogP contribution in [0.3, 0.4) is 0 Å². The number of benzene rings is 2. The van der Waals surface area contributed by atoms with Crippen LogP contribution in [0.1, 0.15) is 21.5 Å². The monoisotopic (exact) mass is 396 g/mol. The zero-order chi connectivity index (χ0) is 19.2. The van der Waals surface area contributed by atoms with Crippen LogP contribution in [-0.2, 0) is 21.3 Å². The van der Waals surface area contributed by atoms with Gasteiger partial charge in [-0.2, -0.15) is 0 Å². The van der Waals surface area contributed by atoms with Gasteiger partial charge in [0.25, 0.3) is 5.91 Å². The minimum Gasteiger partial charge on any atom is -0.383 e. The van der Waals surface area contributed by atoms with E-state index in [1.54, 1.807) is 31.2 Å². The van der Waals surface area contributed by atoms with Gasteiger partial charge in [-0.15, -0.1) is 0 Å². The topological polar surface area (TPSA) is 84.5 Å². The molecule has 1 amide bonds. The SMILES string of the molecule is COCCNS(=O)(=O)c1ccc(C)c(C(=O)NCc2cccc(Cl)c2)c1. The van der Waals surface area contributed by atoms with Crippen LogP contribution in [0.25, 0.3) is 0 Å². The molecule has 0 heterocycles. The Morgan fingerprint density at radius 2 is 1.96 bits per heavy atom. The van der Waals surface area contributed by atoms with E-state index < -0.39 is 10.0 Å². The maximum absolute atomic E-state index is 12.5. The van der Waals surface area contributed by atoms with Crippen molar-refractivity contribution in [1.82, 2.24) is 10.0 Å². The molecule has 0 unspecified atom stereocenters. The Kier molecular flexibility index (Phi) is 7.16. The quantitative estimate of drug-likeness (QED) is 0.671. The van der Waals surface area contributed by atoms with Crippen LogP contribution in [-0.4, -0.2) is 34.6 Å². The van der Waals surface area contributed by atoms with Crippen molar-refractivity contribution < 1.29 is 17.9 Å². The van der Waals surface area contributed by atoms with Crippen molar-refractivity contribution in [3.63, 3.8) is 0 Å². The second kappa shape index (κ2) is 9.14. The molecule has 0 aliphatic carbocycles. The fraction of sp³-hybridized carbons (Fsp3) is 0.278. The van der Waals surface area contributed by atoms with Gasteiger partial charge in [-0.05, 0) is 42.3 Å². The van der Waals surface area contributed by atoms with E-state index in [0.717, 1.165) is 5.56 Å². The van der Waals surface area contributed by atoms with E-state index in [4.69, 9.17) is 16.3 Å². The van der Waals surface area contributed by atoms with Gasteiger partial charge in [-0.3, -0.25) is 4.79 Å². The molecular formula is C18H21ClN2O4S. The lowest BCUT2D eigenvalue weighted by Gasteiger charge is -2.11. The van der Waals surface area contributed by atoms with E-state index in [0.29, 0.717) is 22.7 Å². The molecule has 6 nitrogen and oxygen atoms in total. The Bertz CT molecular complexity index is 885. The standard InChI is InChI=1S/C18H21ClN2O4S/c1-13-6-7-16(26(23,24)21-8-9-25-2)11-17(13)18(22)20-12-14-4-3-5-15(19)10-14/h3-7,10-11,21H,8-9,12H2,1-2H3,(H,20,22). The van der Waals surface area contributed by atoms with Crippen molar-refractivity contribution in [2.24, 2.45) is 0 Å². The lowest BCUT2D eigenvalue weighted by Crippen LogP contribution is -2.28. The highest BCUT2D eigenvalue weighted by molar-refractivity contribution is 7.89. The Hall–Kier alpha value is -1.93. The van der Waals surface area contributed by atoms with E-state index in [2.05, 4.69) is 10.0 Å². The van der Waals surface area contributed by atoms with Crippen molar-refractivity contribution in [1.29, 1.82) is 0 Å². The average molecular weight is 397 g/mol. The third-order valence-electron chi connectivity index (χ3n) is 3.70. The summed E-state index contributed by atoms with van der Waals surface area (Å²) < 4.78 is 31.9. The van der Waals surface area contributed by atoms with Crippen LogP contribution in [0, 0.1) is 6.92 Å². The van der Waals surface area contributed by atoms with Crippen LogP contribution in [0.15, 0.2) is 47.4 Å². The molecule has 2 N–H and O–H groups in total. The highest BCUT2D eigenvalue weighted by atomic mass is 35.5. The minimum atomic E-state index is -3.71. The van der Waals surface area contributed by atoms with Crippen molar-refractivity contribution in [3.05, 3.63) is 64.2 Å². The van der Waals surface area contributed by atoms with Gasteiger partial charge in [0.1, 0.15) is 0 Å². The summed E-state index contributed by atoms with van der Waals surface area (Å²) in [6.07, 6.45) is 0. The largest absolute Gasteiger partial charge is 0.383 e. The van der Waals surface area contributed by atoms with Gasteiger partial charge in [-0.25, -0.2) is 13.1 Å². The molecule has 0 radical (unpaired) electrons. The van der Waals surface area contributed by atoms with Gasteiger partial charge in [-0.1, -0.05) is 29.8 Å². The molecule has 26 heavy (non-hydrogen) atoms. The second-order valence-electron chi connectivity index (χ2n) is 5.68. The van der Waals surface area contributed by atoms with Crippen LogP contribution in [0.2, 0.25) is 5.02 Å². The maximum atomic E-state index is 12.5.